The summed E-state index contributed by atoms with van der Waals surface area (Å²) in [6.45, 7) is 0. The van der Waals surface area contributed by atoms with Gasteiger partial charge in [-0.1, -0.05) is 66.2 Å². The van der Waals surface area contributed by atoms with Gasteiger partial charge in [-0.15, -0.1) is 0 Å². The molecule has 1 atom stereocenters. The van der Waals surface area contributed by atoms with Crippen molar-refractivity contribution in [3.8, 4) is 5.75 Å². The van der Waals surface area contributed by atoms with Gasteiger partial charge < -0.3 is 14.8 Å². The molecule has 0 aliphatic carbocycles. The van der Waals surface area contributed by atoms with Gasteiger partial charge in [0.05, 0.1) is 17.6 Å². The number of aromatic nitrogens is 1. The minimum atomic E-state index is -1.18. The Hall–Kier alpha value is -3.90. The topological polar surface area (TPSA) is 77.5 Å². The number of para-hydroxylation sites is 1. The monoisotopic (exact) mass is 446 g/mol. The standard InChI is InChI=1S/C25H19ClN2O4/c1-31-22-14-12-18(15-19(22)26)27-24(29)23(17-8-3-2-4-9-17)32-25(30)21-13-11-16-7-5-6-10-20(16)28-21/h2-15,23H,1H3,(H,27,29). The number of nitrogens with one attached hydrogen (secondary N) is 1. The van der Waals surface area contributed by atoms with Crippen molar-refractivity contribution in [3.63, 3.8) is 0 Å². The number of esters is 1. The van der Waals surface area contributed by atoms with Crippen molar-refractivity contribution in [1.29, 1.82) is 0 Å². The molecule has 1 heterocycles. The van der Waals surface area contributed by atoms with Gasteiger partial charge in [0, 0.05) is 16.6 Å². The third-order valence-electron chi connectivity index (χ3n) is 4.79. The Labute approximate surface area is 189 Å². The van der Waals surface area contributed by atoms with Crippen LogP contribution >= 0.6 is 11.6 Å². The number of nitrogens with zero attached hydrogens (tertiary/aromatic N) is 1. The van der Waals surface area contributed by atoms with E-state index in [2.05, 4.69) is 10.3 Å². The lowest BCUT2D eigenvalue weighted by atomic mass is 10.1. The zero-order chi connectivity index (χ0) is 22.5. The van der Waals surface area contributed by atoms with Crippen molar-refractivity contribution in [1.82, 2.24) is 4.98 Å². The first-order chi connectivity index (χ1) is 15.5. The molecule has 0 aliphatic heterocycles. The Morgan fingerprint density at radius 1 is 0.938 bits per heavy atom. The van der Waals surface area contributed by atoms with Gasteiger partial charge in [-0.05, 0) is 30.3 Å². The average Bonchev–Trinajstić information content (AvgIpc) is 2.82. The molecule has 160 valence electrons. The van der Waals surface area contributed by atoms with Gasteiger partial charge >= 0.3 is 5.97 Å². The number of carbonyl (C=O) groups excluding carboxylic acids is 2. The molecule has 0 bridgehead atoms. The SMILES string of the molecule is COc1ccc(NC(=O)C(OC(=O)c2ccc3ccccc3n2)c2ccccc2)cc1Cl. The number of carbonyl (C=O) groups is 2. The molecule has 32 heavy (non-hydrogen) atoms. The summed E-state index contributed by atoms with van der Waals surface area (Å²) < 4.78 is 10.7. The van der Waals surface area contributed by atoms with Gasteiger partial charge in [-0.3, -0.25) is 4.79 Å². The normalized spacial score (nSPS) is 11.6. The van der Waals surface area contributed by atoms with E-state index in [1.165, 1.54) is 7.11 Å². The molecule has 7 heteroatoms. The van der Waals surface area contributed by atoms with Crippen LogP contribution in [-0.4, -0.2) is 24.0 Å². The van der Waals surface area contributed by atoms with Crippen LogP contribution in [0.4, 0.5) is 5.69 Å². The smallest absolute Gasteiger partial charge is 0.358 e. The summed E-state index contributed by atoms with van der Waals surface area (Å²) >= 11 is 6.15. The minimum absolute atomic E-state index is 0.116. The first-order valence-electron chi connectivity index (χ1n) is 9.81. The van der Waals surface area contributed by atoms with E-state index in [0.717, 1.165) is 5.39 Å². The third kappa shape index (κ3) is 4.71. The fourth-order valence-electron chi connectivity index (χ4n) is 3.20. The Bertz CT molecular complexity index is 1280. The number of halogens is 1. The zero-order valence-corrected chi connectivity index (χ0v) is 17.9. The third-order valence-corrected chi connectivity index (χ3v) is 5.09. The summed E-state index contributed by atoms with van der Waals surface area (Å²) in [5.74, 6) is -0.739. The average molecular weight is 447 g/mol. The summed E-state index contributed by atoms with van der Waals surface area (Å²) in [5.41, 5.74) is 1.75. The van der Waals surface area contributed by atoms with Crippen LogP contribution in [0.25, 0.3) is 10.9 Å². The van der Waals surface area contributed by atoms with Gasteiger partial charge in [0.15, 0.2) is 0 Å². The highest BCUT2D eigenvalue weighted by Crippen LogP contribution is 2.28. The molecular formula is C25H19ClN2O4. The second kappa shape index (κ2) is 9.49. The zero-order valence-electron chi connectivity index (χ0n) is 17.1. The highest BCUT2D eigenvalue weighted by molar-refractivity contribution is 6.32. The maximum absolute atomic E-state index is 13.1. The number of ether oxygens (including phenoxy) is 2. The van der Waals surface area contributed by atoms with Crippen LogP contribution < -0.4 is 10.1 Å². The maximum atomic E-state index is 13.1. The van der Waals surface area contributed by atoms with Crippen LogP contribution in [0.3, 0.4) is 0 Å². The number of amides is 1. The van der Waals surface area contributed by atoms with Gasteiger partial charge in [-0.25, -0.2) is 9.78 Å². The second-order valence-electron chi connectivity index (χ2n) is 6.92. The van der Waals surface area contributed by atoms with E-state index >= 15 is 0 Å². The van der Waals surface area contributed by atoms with Crippen molar-refractivity contribution in [3.05, 3.63) is 101 Å². The molecule has 0 fully saturated rings. The van der Waals surface area contributed by atoms with Crippen molar-refractivity contribution >= 4 is 40.1 Å². The van der Waals surface area contributed by atoms with E-state index in [1.807, 2.05) is 24.3 Å². The van der Waals surface area contributed by atoms with Crippen LogP contribution in [0.15, 0.2) is 84.9 Å². The number of pyridine rings is 1. The van der Waals surface area contributed by atoms with E-state index in [-0.39, 0.29) is 5.69 Å². The molecular weight excluding hydrogens is 428 g/mol. The van der Waals surface area contributed by atoms with Crippen molar-refractivity contribution in [2.45, 2.75) is 6.10 Å². The number of hydrogen-bond acceptors (Lipinski definition) is 5. The lowest BCUT2D eigenvalue weighted by Crippen LogP contribution is -2.26. The van der Waals surface area contributed by atoms with Crippen LogP contribution in [0.2, 0.25) is 5.02 Å². The molecule has 0 spiro atoms. The summed E-state index contributed by atoms with van der Waals surface area (Å²) in [4.78, 5) is 30.3. The Morgan fingerprint density at radius 3 is 2.44 bits per heavy atom. The van der Waals surface area contributed by atoms with E-state index in [4.69, 9.17) is 21.1 Å². The van der Waals surface area contributed by atoms with E-state index < -0.39 is 18.0 Å². The quantitative estimate of drug-likeness (QED) is 0.399. The first-order valence-corrected chi connectivity index (χ1v) is 10.2. The van der Waals surface area contributed by atoms with Crippen LogP contribution in [0.1, 0.15) is 22.2 Å². The molecule has 1 unspecified atom stereocenters. The molecule has 4 aromatic rings. The molecule has 0 saturated carbocycles. The Morgan fingerprint density at radius 2 is 1.69 bits per heavy atom. The fraction of sp³-hybridized carbons (Fsp3) is 0.0800. The molecule has 1 N–H and O–H groups in total. The summed E-state index contributed by atoms with van der Waals surface area (Å²) in [7, 11) is 1.51. The van der Waals surface area contributed by atoms with Crippen molar-refractivity contribution in [2.75, 3.05) is 12.4 Å². The minimum Gasteiger partial charge on any atom is -0.495 e. The molecule has 3 aromatic carbocycles. The molecule has 1 amide bonds. The highest BCUT2D eigenvalue weighted by atomic mass is 35.5. The summed E-state index contributed by atoms with van der Waals surface area (Å²) in [5, 5.41) is 3.99. The number of methoxy groups -OCH3 is 1. The number of anilines is 1. The molecule has 0 radical (unpaired) electrons. The Balaban J connectivity index is 1.59. The summed E-state index contributed by atoms with van der Waals surface area (Å²) in [6, 6.07) is 24.4. The van der Waals surface area contributed by atoms with Crippen molar-refractivity contribution in [2.24, 2.45) is 0 Å². The lowest BCUT2D eigenvalue weighted by molar-refractivity contribution is -0.125. The molecule has 1 aromatic heterocycles. The molecule has 4 rings (SSSR count). The van der Waals surface area contributed by atoms with Gasteiger partial charge in [-0.2, -0.15) is 0 Å². The Kier molecular flexibility index (Phi) is 6.33. The first kappa shape index (κ1) is 21.3. The van der Waals surface area contributed by atoms with Crippen LogP contribution in [-0.2, 0) is 9.53 Å². The van der Waals surface area contributed by atoms with Gasteiger partial charge in [0.25, 0.3) is 5.91 Å². The number of hydrogen-bond donors (Lipinski definition) is 1. The summed E-state index contributed by atoms with van der Waals surface area (Å²) in [6.07, 6.45) is -1.18. The number of rotatable bonds is 6. The lowest BCUT2D eigenvalue weighted by Gasteiger charge is -2.18. The number of fused-ring (bicyclic) bond motifs is 1. The fourth-order valence-corrected chi connectivity index (χ4v) is 3.46. The molecule has 0 saturated heterocycles. The van der Waals surface area contributed by atoms with Crippen molar-refractivity contribution < 1.29 is 19.1 Å². The van der Waals surface area contributed by atoms with Crippen LogP contribution in [0.5, 0.6) is 5.75 Å². The van der Waals surface area contributed by atoms with E-state index in [1.54, 1.807) is 60.7 Å². The predicted molar refractivity (Wildman–Crippen MR) is 123 cm³/mol. The van der Waals surface area contributed by atoms with Gasteiger partial charge in [0.2, 0.25) is 6.10 Å². The molecule has 6 nitrogen and oxygen atoms in total. The van der Waals surface area contributed by atoms with E-state index in [0.29, 0.717) is 27.5 Å². The van der Waals surface area contributed by atoms with E-state index in [9.17, 15) is 9.59 Å². The van der Waals surface area contributed by atoms with Crippen LogP contribution in [0, 0.1) is 0 Å². The largest absolute Gasteiger partial charge is 0.495 e. The second-order valence-corrected chi connectivity index (χ2v) is 7.33. The number of benzene rings is 3. The highest BCUT2D eigenvalue weighted by Gasteiger charge is 2.26. The van der Waals surface area contributed by atoms with Gasteiger partial charge in [0.1, 0.15) is 11.4 Å². The molecule has 0 aliphatic rings. The maximum Gasteiger partial charge on any atom is 0.358 e. The predicted octanol–water partition coefficient (Wildman–Crippen LogP) is 5.43.